The number of rotatable bonds is 6. The van der Waals surface area contributed by atoms with Crippen LogP contribution < -0.4 is 9.80 Å². The molecule has 222 valence electrons. The first-order chi connectivity index (χ1) is 22.8. The summed E-state index contributed by atoms with van der Waals surface area (Å²) in [4.78, 5) is 9.21. The van der Waals surface area contributed by atoms with Gasteiger partial charge in [-0.2, -0.15) is 0 Å². The van der Waals surface area contributed by atoms with Gasteiger partial charge >= 0.3 is 0 Å². The summed E-state index contributed by atoms with van der Waals surface area (Å²) in [5.41, 5.74) is 9.09. The first kappa shape index (κ1) is 27.5. The Hall–Kier alpha value is -4.77. The molecular formula is C42H32N2S2. The number of anilines is 4. The van der Waals surface area contributed by atoms with Crippen molar-refractivity contribution in [2.45, 2.75) is 29.7 Å². The second-order valence-electron chi connectivity index (χ2n) is 12.0. The van der Waals surface area contributed by atoms with Crippen molar-refractivity contribution in [3.8, 4) is 0 Å². The van der Waals surface area contributed by atoms with Crippen LogP contribution in [0.3, 0.4) is 0 Å². The fourth-order valence-corrected chi connectivity index (χ4v) is 9.78. The summed E-state index contributed by atoms with van der Waals surface area (Å²) >= 11 is 3.86. The predicted molar refractivity (Wildman–Crippen MR) is 198 cm³/mol. The predicted octanol–water partition coefficient (Wildman–Crippen LogP) is 11.9. The molecule has 1 aliphatic heterocycles. The van der Waals surface area contributed by atoms with Gasteiger partial charge in [-0.1, -0.05) is 103 Å². The van der Waals surface area contributed by atoms with Gasteiger partial charge in [-0.15, -0.1) is 11.3 Å². The zero-order valence-electron chi connectivity index (χ0n) is 25.3. The fraction of sp³-hybridized carbons (Fsp3) is 0.0952. The van der Waals surface area contributed by atoms with Crippen molar-refractivity contribution >= 4 is 62.0 Å². The third-order valence-corrected chi connectivity index (χ3v) is 11.7. The molecule has 0 N–H and O–H groups in total. The van der Waals surface area contributed by atoms with Gasteiger partial charge in [0.1, 0.15) is 0 Å². The normalized spacial score (nSPS) is 17.9. The summed E-state index contributed by atoms with van der Waals surface area (Å²) in [6, 6.07) is 48.6. The number of hydrogen-bond acceptors (Lipinski definition) is 4. The third-order valence-electron chi connectivity index (χ3n) is 9.36. The maximum Gasteiger partial charge on any atom is 0.0637 e. The van der Waals surface area contributed by atoms with E-state index in [0.717, 1.165) is 12.8 Å². The Morgan fingerprint density at radius 2 is 1.30 bits per heavy atom. The van der Waals surface area contributed by atoms with Gasteiger partial charge in [-0.25, -0.2) is 0 Å². The number of aryl methyl sites for hydroxylation is 1. The number of thioether (sulfide) groups is 1. The molecule has 4 heteroatoms. The molecule has 46 heavy (non-hydrogen) atoms. The van der Waals surface area contributed by atoms with E-state index in [-0.39, 0.29) is 6.04 Å². The largest absolute Gasteiger partial charge is 0.337 e. The van der Waals surface area contributed by atoms with Crippen molar-refractivity contribution in [1.29, 1.82) is 0 Å². The van der Waals surface area contributed by atoms with Gasteiger partial charge < -0.3 is 9.80 Å². The Bertz CT molecular complexity index is 2110. The summed E-state index contributed by atoms with van der Waals surface area (Å²) in [7, 11) is 0. The van der Waals surface area contributed by atoms with Crippen LogP contribution in [0.15, 0.2) is 167 Å². The third kappa shape index (κ3) is 4.72. The Morgan fingerprint density at radius 3 is 2.04 bits per heavy atom. The second kappa shape index (κ2) is 11.5. The summed E-state index contributed by atoms with van der Waals surface area (Å²) < 4.78 is 1.35. The van der Waals surface area contributed by atoms with E-state index in [2.05, 4.69) is 168 Å². The van der Waals surface area contributed by atoms with Crippen LogP contribution in [0.4, 0.5) is 22.7 Å². The molecule has 9 rings (SSSR count). The van der Waals surface area contributed by atoms with Gasteiger partial charge in [0, 0.05) is 48.8 Å². The number of benzene rings is 5. The van der Waals surface area contributed by atoms with E-state index < -0.39 is 0 Å². The van der Waals surface area contributed by atoms with Crippen LogP contribution in [0.1, 0.15) is 28.3 Å². The van der Waals surface area contributed by atoms with Crippen molar-refractivity contribution in [1.82, 2.24) is 0 Å². The molecule has 2 aliphatic carbocycles. The van der Waals surface area contributed by atoms with Crippen molar-refractivity contribution in [3.63, 3.8) is 0 Å². The smallest absolute Gasteiger partial charge is 0.0637 e. The van der Waals surface area contributed by atoms with Crippen molar-refractivity contribution < 1.29 is 0 Å². The molecule has 0 saturated carbocycles. The van der Waals surface area contributed by atoms with E-state index in [1.807, 2.05) is 23.1 Å². The highest BCUT2D eigenvalue weighted by Gasteiger charge is 2.39. The van der Waals surface area contributed by atoms with Crippen molar-refractivity contribution in [3.05, 3.63) is 178 Å². The second-order valence-corrected chi connectivity index (χ2v) is 14.2. The average Bonchev–Trinajstić information content (AvgIpc) is 3.68. The monoisotopic (exact) mass is 628 g/mol. The summed E-state index contributed by atoms with van der Waals surface area (Å²) in [6.07, 6.45) is 11.5. The van der Waals surface area contributed by atoms with Crippen LogP contribution >= 0.6 is 23.1 Å². The molecule has 1 aromatic heterocycles. The average molecular weight is 629 g/mol. The number of para-hydroxylation sites is 3. The van der Waals surface area contributed by atoms with E-state index >= 15 is 0 Å². The molecule has 0 bridgehead atoms. The van der Waals surface area contributed by atoms with Crippen LogP contribution in [-0.4, -0.2) is 6.04 Å². The lowest BCUT2D eigenvalue weighted by atomic mass is 9.85. The minimum atomic E-state index is 0.220. The number of fused-ring (bicyclic) bond motifs is 6. The zero-order valence-corrected chi connectivity index (χ0v) is 26.9. The molecule has 2 nitrogen and oxygen atoms in total. The van der Waals surface area contributed by atoms with E-state index in [1.54, 1.807) is 0 Å². The molecule has 6 aromatic rings. The first-order valence-corrected chi connectivity index (χ1v) is 17.6. The molecule has 2 atom stereocenters. The zero-order chi connectivity index (χ0) is 30.5. The topological polar surface area (TPSA) is 6.48 Å². The lowest BCUT2D eigenvalue weighted by Gasteiger charge is -2.40. The molecule has 0 saturated heterocycles. The quantitative estimate of drug-likeness (QED) is 0.181. The molecular weight excluding hydrogens is 597 g/mol. The maximum absolute atomic E-state index is 2.63. The van der Waals surface area contributed by atoms with Gasteiger partial charge in [0.15, 0.2) is 0 Å². The van der Waals surface area contributed by atoms with Gasteiger partial charge in [-0.3, -0.25) is 0 Å². The van der Waals surface area contributed by atoms with Crippen LogP contribution in [0.25, 0.3) is 16.2 Å². The van der Waals surface area contributed by atoms with E-state index in [0.29, 0.717) is 5.92 Å². The lowest BCUT2D eigenvalue weighted by molar-refractivity contribution is 0.647. The molecule has 0 spiro atoms. The highest BCUT2D eigenvalue weighted by Crippen LogP contribution is 2.54. The molecule has 0 radical (unpaired) electrons. The molecule has 2 heterocycles. The Labute approximate surface area is 278 Å². The standard InChI is InChI=1S/C42H32N2S2/c1-4-13-29(14-5-1)43(30-15-6-2-7-16-30)32-24-26-39-36(27-32)34-25-23-33(28-41(34)46-39)44(31-17-8-3-9-18-31)37-20-12-22-40-42(37)35-19-10-11-21-38(35)45-40/h1-22,24,26-28,37,42H,23,25H2. The van der Waals surface area contributed by atoms with Crippen LogP contribution in [-0.2, 0) is 6.42 Å². The highest BCUT2D eigenvalue weighted by molar-refractivity contribution is 8.03. The number of hydrogen-bond donors (Lipinski definition) is 0. The minimum absolute atomic E-state index is 0.220. The first-order valence-electron chi connectivity index (χ1n) is 16.0. The van der Waals surface area contributed by atoms with Crippen molar-refractivity contribution in [2.24, 2.45) is 0 Å². The van der Waals surface area contributed by atoms with Gasteiger partial charge in [-0.05, 0) is 101 Å². The van der Waals surface area contributed by atoms with Crippen molar-refractivity contribution in [2.75, 3.05) is 9.80 Å². The lowest BCUT2D eigenvalue weighted by Crippen LogP contribution is -2.39. The van der Waals surface area contributed by atoms with Crippen LogP contribution in [0.2, 0.25) is 0 Å². The SMILES string of the molecule is C1=CC(N(C2=Cc3sc4ccc(N(c5ccccc5)c5ccccc5)cc4c3CC2)c2ccccc2)C2C(=C1)Sc1ccccc12. The number of nitrogens with zero attached hydrogens (tertiary/aromatic N) is 2. The molecule has 5 aromatic carbocycles. The summed E-state index contributed by atoms with van der Waals surface area (Å²) in [5.74, 6) is 0.334. The van der Waals surface area contributed by atoms with E-state index in [9.17, 15) is 0 Å². The van der Waals surface area contributed by atoms with E-state index in [4.69, 9.17) is 0 Å². The molecule has 0 fully saturated rings. The minimum Gasteiger partial charge on any atom is -0.337 e. The van der Waals surface area contributed by atoms with Gasteiger partial charge in [0.2, 0.25) is 0 Å². The Balaban J connectivity index is 1.14. The number of thiophene rings is 1. The number of allylic oxidation sites excluding steroid dienone is 3. The molecule has 3 aliphatic rings. The van der Waals surface area contributed by atoms with Crippen LogP contribution in [0, 0.1) is 0 Å². The summed E-state index contributed by atoms with van der Waals surface area (Å²) in [6.45, 7) is 0. The van der Waals surface area contributed by atoms with Gasteiger partial charge in [0.05, 0.1) is 6.04 Å². The van der Waals surface area contributed by atoms with Gasteiger partial charge in [0.25, 0.3) is 0 Å². The molecule has 2 unspecified atom stereocenters. The fourth-order valence-electron chi connectivity index (χ4n) is 7.33. The summed E-state index contributed by atoms with van der Waals surface area (Å²) in [5, 5.41) is 1.37. The highest BCUT2D eigenvalue weighted by atomic mass is 32.2. The Morgan fingerprint density at radius 1 is 0.630 bits per heavy atom. The molecule has 0 amide bonds. The van der Waals surface area contributed by atoms with E-state index in [1.165, 1.54) is 64.3 Å². The Kier molecular flexibility index (Phi) is 6.91. The maximum atomic E-state index is 2.63. The van der Waals surface area contributed by atoms with Crippen LogP contribution in [0.5, 0.6) is 0 Å².